The maximum Gasteiger partial charge on any atom is 0.336 e. The van der Waals surface area contributed by atoms with E-state index in [4.69, 9.17) is 26.7 Å². The Morgan fingerprint density at radius 2 is 2.33 bits per heavy atom. The lowest BCUT2D eigenvalue weighted by molar-refractivity contribution is 0.0696. The second-order valence-corrected chi connectivity index (χ2v) is 3.03. The number of rotatable bonds is 3. The number of ether oxygens (including phenoxy) is 1. The van der Waals surface area contributed by atoms with Crippen molar-refractivity contribution in [3.63, 3.8) is 0 Å². The molecule has 0 atom stereocenters. The molecule has 4 nitrogen and oxygen atoms in total. The molecule has 0 heterocycles. The van der Waals surface area contributed by atoms with Crippen LogP contribution in [0.2, 0.25) is 0 Å². The van der Waals surface area contributed by atoms with Gasteiger partial charge in [0.05, 0.1) is 18.2 Å². The number of halogens is 1. The molecule has 0 aliphatic carbocycles. The number of aromatic carboxylic acids is 1. The molecule has 0 radical (unpaired) electrons. The van der Waals surface area contributed by atoms with Gasteiger partial charge in [-0.15, -0.1) is 11.6 Å². The smallest absolute Gasteiger partial charge is 0.336 e. The van der Waals surface area contributed by atoms with Crippen molar-refractivity contribution in [1.82, 2.24) is 0 Å². The second kappa shape index (κ2) is 4.67. The molecule has 0 saturated heterocycles. The Hall–Kier alpha value is -1.73. The highest BCUT2D eigenvalue weighted by molar-refractivity contribution is 6.17. The van der Waals surface area contributed by atoms with Crippen molar-refractivity contribution in [3.8, 4) is 11.8 Å². The van der Waals surface area contributed by atoms with E-state index >= 15 is 0 Å². The summed E-state index contributed by atoms with van der Waals surface area (Å²) in [7, 11) is 1.41. The van der Waals surface area contributed by atoms with E-state index < -0.39 is 5.97 Å². The lowest BCUT2D eigenvalue weighted by atomic mass is 10.0. The molecule has 1 aromatic rings. The molecule has 0 unspecified atom stereocenters. The summed E-state index contributed by atoms with van der Waals surface area (Å²) in [6, 6.07) is 4.59. The molecular formula is C10H8ClNO3. The Bertz CT molecular complexity index is 437. The van der Waals surface area contributed by atoms with Gasteiger partial charge < -0.3 is 9.84 Å². The van der Waals surface area contributed by atoms with Gasteiger partial charge in [-0.2, -0.15) is 5.26 Å². The molecule has 15 heavy (non-hydrogen) atoms. The maximum absolute atomic E-state index is 10.8. The quantitative estimate of drug-likeness (QED) is 0.799. The van der Waals surface area contributed by atoms with Crippen LogP contribution in [0.1, 0.15) is 21.5 Å². The predicted octanol–water partition coefficient (Wildman–Crippen LogP) is 2.00. The number of alkyl halides is 1. The lowest BCUT2D eigenvalue weighted by Gasteiger charge is -2.07. The van der Waals surface area contributed by atoms with Crippen LogP contribution in [-0.4, -0.2) is 18.2 Å². The van der Waals surface area contributed by atoms with Crippen molar-refractivity contribution in [2.75, 3.05) is 7.11 Å². The van der Waals surface area contributed by atoms with Crippen molar-refractivity contribution >= 4 is 17.6 Å². The standard InChI is InChI=1S/C10H8ClNO3/c1-15-9-3-6(4-11)8(10(13)14)2-7(9)5-12/h2-3H,4H2,1H3,(H,13,14). The number of methoxy groups -OCH3 is 1. The average Bonchev–Trinajstić information content (AvgIpc) is 2.26. The van der Waals surface area contributed by atoms with Crippen molar-refractivity contribution in [2.45, 2.75) is 5.88 Å². The fourth-order valence-electron chi connectivity index (χ4n) is 1.19. The fourth-order valence-corrected chi connectivity index (χ4v) is 1.41. The molecule has 0 aliphatic rings. The first-order chi connectivity index (χ1) is 7.13. The third-order valence-corrected chi connectivity index (χ3v) is 2.21. The summed E-state index contributed by atoms with van der Waals surface area (Å²) in [6.45, 7) is 0. The predicted molar refractivity (Wildman–Crippen MR) is 54.2 cm³/mol. The first-order valence-electron chi connectivity index (χ1n) is 4.04. The number of nitrogens with zero attached hydrogens (tertiary/aromatic N) is 1. The van der Waals surface area contributed by atoms with Gasteiger partial charge in [-0.1, -0.05) is 0 Å². The summed E-state index contributed by atoms with van der Waals surface area (Å²) in [5, 5.41) is 17.6. The molecule has 0 aliphatic heterocycles. The average molecular weight is 226 g/mol. The van der Waals surface area contributed by atoms with E-state index in [-0.39, 0.29) is 17.0 Å². The third kappa shape index (κ3) is 2.20. The SMILES string of the molecule is COc1cc(CCl)c(C(=O)O)cc1C#N. The van der Waals surface area contributed by atoms with Gasteiger partial charge in [0.25, 0.3) is 0 Å². The second-order valence-electron chi connectivity index (χ2n) is 2.76. The summed E-state index contributed by atoms with van der Waals surface area (Å²) in [5.41, 5.74) is 0.645. The van der Waals surface area contributed by atoms with E-state index in [0.29, 0.717) is 11.3 Å². The summed E-state index contributed by atoms with van der Waals surface area (Å²) < 4.78 is 4.94. The van der Waals surface area contributed by atoms with Gasteiger partial charge in [0, 0.05) is 5.88 Å². The monoisotopic (exact) mass is 225 g/mol. The highest BCUT2D eigenvalue weighted by Gasteiger charge is 2.14. The Labute approximate surface area is 91.7 Å². The minimum atomic E-state index is -1.11. The van der Waals surface area contributed by atoms with Crippen LogP contribution in [0.5, 0.6) is 5.75 Å². The number of carboxylic acid groups (broad SMARTS) is 1. The largest absolute Gasteiger partial charge is 0.495 e. The maximum atomic E-state index is 10.8. The normalized spacial score (nSPS) is 9.40. The summed E-state index contributed by atoms with van der Waals surface area (Å²) in [5.74, 6) is -0.716. The Kier molecular flexibility index (Phi) is 3.53. The molecule has 0 saturated carbocycles. The minimum Gasteiger partial charge on any atom is -0.495 e. The van der Waals surface area contributed by atoms with Crippen molar-refractivity contribution in [1.29, 1.82) is 5.26 Å². The Balaban J connectivity index is 3.42. The molecular weight excluding hydrogens is 218 g/mol. The van der Waals surface area contributed by atoms with E-state index in [0.717, 1.165) is 0 Å². The molecule has 0 bridgehead atoms. The highest BCUT2D eigenvalue weighted by atomic mass is 35.5. The number of hydrogen-bond donors (Lipinski definition) is 1. The topological polar surface area (TPSA) is 70.3 Å². The van der Waals surface area contributed by atoms with Crippen LogP contribution in [-0.2, 0) is 5.88 Å². The zero-order valence-corrected chi connectivity index (χ0v) is 8.71. The highest BCUT2D eigenvalue weighted by Crippen LogP contribution is 2.24. The summed E-state index contributed by atoms with van der Waals surface area (Å²) in [6.07, 6.45) is 0. The van der Waals surface area contributed by atoms with Gasteiger partial charge in [0.15, 0.2) is 0 Å². The minimum absolute atomic E-state index is 0.0300. The van der Waals surface area contributed by atoms with Crippen LogP contribution < -0.4 is 4.74 Å². The number of benzene rings is 1. The molecule has 0 aromatic heterocycles. The number of hydrogen-bond acceptors (Lipinski definition) is 3. The molecule has 5 heteroatoms. The van der Waals surface area contributed by atoms with Crippen LogP contribution in [0.4, 0.5) is 0 Å². The lowest BCUT2D eigenvalue weighted by Crippen LogP contribution is -2.03. The third-order valence-electron chi connectivity index (χ3n) is 1.92. The Morgan fingerprint density at radius 1 is 1.67 bits per heavy atom. The van der Waals surface area contributed by atoms with E-state index in [1.54, 1.807) is 0 Å². The van der Waals surface area contributed by atoms with Crippen molar-refractivity contribution in [2.24, 2.45) is 0 Å². The van der Waals surface area contributed by atoms with Crippen LogP contribution in [0.3, 0.4) is 0 Å². The zero-order valence-electron chi connectivity index (χ0n) is 7.95. The number of carboxylic acids is 1. The molecule has 0 spiro atoms. The first kappa shape index (κ1) is 11.3. The zero-order chi connectivity index (χ0) is 11.4. The molecule has 1 N–H and O–H groups in total. The summed E-state index contributed by atoms with van der Waals surface area (Å²) in [4.78, 5) is 10.8. The molecule has 0 fully saturated rings. The van der Waals surface area contributed by atoms with E-state index in [1.165, 1.54) is 19.2 Å². The number of nitriles is 1. The van der Waals surface area contributed by atoms with E-state index in [9.17, 15) is 4.79 Å². The molecule has 78 valence electrons. The van der Waals surface area contributed by atoms with Gasteiger partial charge in [0.1, 0.15) is 11.8 Å². The van der Waals surface area contributed by atoms with Crippen LogP contribution in [0, 0.1) is 11.3 Å². The van der Waals surface area contributed by atoms with Crippen molar-refractivity contribution < 1.29 is 14.6 Å². The first-order valence-corrected chi connectivity index (χ1v) is 4.57. The van der Waals surface area contributed by atoms with Crippen LogP contribution >= 0.6 is 11.6 Å². The van der Waals surface area contributed by atoms with Crippen molar-refractivity contribution in [3.05, 3.63) is 28.8 Å². The van der Waals surface area contributed by atoms with Gasteiger partial charge in [-0.3, -0.25) is 0 Å². The van der Waals surface area contributed by atoms with Crippen LogP contribution in [0.15, 0.2) is 12.1 Å². The van der Waals surface area contributed by atoms with Crippen LogP contribution in [0.25, 0.3) is 0 Å². The van der Waals surface area contributed by atoms with Gasteiger partial charge in [-0.25, -0.2) is 4.79 Å². The van der Waals surface area contributed by atoms with E-state index in [1.807, 2.05) is 6.07 Å². The van der Waals surface area contributed by atoms with Gasteiger partial charge >= 0.3 is 5.97 Å². The van der Waals surface area contributed by atoms with E-state index in [2.05, 4.69) is 0 Å². The van der Waals surface area contributed by atoms with Gasteiger partial charge in [-0.05, 0) is 17.7 Å². The van der Waals surface area contributed by atoms with Gasteiger partial charge in [0.2, 0.25) is 0 Å². The summed E-state index contributed by atoms with van der Waals surface area (Å²) >= 11 is 5.60. The molecule has 1 rings (SSSR count). The molecule has 1 aromatic carbocycles. The Morgan fingerprint density at radius 3 is 2.73 bits per heavy atom. The fraction of sp³-hybridized carbons (Fsp3) is 0.200. The molecule has 0 amide bonds. The number of carbonyl (C=O) groups is 1.